The number of halogens is 1. The first-order chi connectivity index (χ1) is 6.27. The molecule has 0 bridgehead atoms. The maximum atomic E-state index is 5.25. The van der Waals surface area contributed by atoms with E-state index >= 15 is 0 Å². The van der Waals surface area contributed by atoms with E-state index in [1.165, 1.54) is 0 Å². The predicted molar refractivity (Wildman–Crippen MR) is 57.2 cm³/mol. The Morgan fingerprint density at radius 2 is 2.46 bits per heavy atom. The highest BCUT2D eigenvalue weighted by Gasteiger charge is 2.07. The fourth-order valence-electron chi connectivity index (χ4n) is 1.07. The smallest absolute Gasteiger partial charge is 0.0603 e. The first kappa shape index (κ1) is 10.2. The quantitative estimate of drug-likeness (QED) is 0.817. The van der Waals surface area contributed by atoms with E-state index in [0.29, 0.717) is 6.42 Å². The topological polar surface area (TPSA) is 24.9 Å². The van der Waals surface area contributed by atoms with Gasteiger partial charge in [0, 0.05) is 17.1 Å². The Morgan fingerprint density at radius 3 is 2.92 bits per heavy atom. The normalized spacial score (nSPS) is 12.1. The van der Waals surface area contributed by atoms with Crippen LogP contribution in [0.2, 0.25) is 0 Å². The van der Waals surface area contributed by atoms with Crippen LogP contribution in [0.3, 0.4) is 0 Å². The second-order valence-corrected chi connectivity index (χ2v) is 3.57. The highest BCUT2D eigenvalue weighted by molar-refractivity contribution is 9.10. The average molecular weight is 239 g/mol. The third-order valence-corrected chi connectivity index (χ3v) is 2.25. The van der Waals surface area contributed by atoms with Gasteiger partial charge in [-0.1, -0.05) is 0 Å². The molecular weight excluding hydrogens is 228 g/mol. The van der Waals surface area contributed by atoms with Gasteiger partial charge >= 0.3 is 0 Å². The molecule has 68 valence electrons. The van der Waals surface area contributed by atoms with Crippen LogP contribution in [-0.2, 0) is 0 Å². The SMILES string of the molecule is C#CCC(NC)c1ccc(Br)cn1. The number of hydrogen-bond acceptors (Lipinski definition) is 2. The Labute approximate surface area is 86.9 Å². The molecule has 0 saturated carbocycles. The molecule has 0 saturated heterocycles. The minimum absolute atomic E-state index is 0.151. The minimum atomic E-state index is 0.151. The van der Waals surface area contributed by atoms with Crippen LogP contribution in [0.25, 0.3) is 0 Å². The van der Waals surface area contributed by atoms with Gasteiger partial charge in [-0.15, -0.1) is 12.3 Å². The van der Waals surface area contributed by atoms with Crippen molar-refractivity contribution in [3.8, 4) is 12.3 Å². The van der Waals surface area contributed by atoms with Crippen molar-refractivity contribution in [3.05, 3.63) is 28.5 Å². The van der Waals surface area contributed by atoms with Crippen LogP contribution in [0.1, 0.15) is 18.2 Å². The summed E-state index contributed by atoms with van der Waals surface area (Å²) in [5, 5.41) is 3.12. The Balaban J connectivity index is 2.80. The first-order valence-electron chi connectivity index (χ1n) is 4.00. The van der Waals surface area contributed by atoms with Crippen molar-refractivity contribution in [2.45, 2.75) is 12.5 Å². The predicted octanol–water partition coefficient (Wildman–Crippen LogP) is 2.13. The number of hydrogen-bond donors (Lipinski definition) is 1. The van der Waals surface area contributed by atoms with Gasteiger partial charge in [0.05, 0.1) is 11.7 Å². The Morgan fingerprint density at radius 1 is 1.69 bits per heavy atom. The molecular formula is C10H11BrN2. The maximum absolute atomic E-state index is 5.25. The van der Waals surface area contributed by atoms with Crippen molar-refractivity contribution in [2.24, 2.45) is 0 Å². The molecule has 1 atom stereocenters. The van der Waals surface area contributed by atoms with Gasteiger partial charge < -0.3 is 5.32 Å². The molecule has 1 rings (SSSR count). The number of terminal acetylenes is 1. The number of aromatic nitrogens is 1. The molecule has 0 aromatic carbocycles. The summed E-state index contributed by atoms with van der Waals surface area (Å²) in [7, 11) is 1.88. The van der Waals surface area contributed by atoms with E-state index in [-0.39, 0.29) is 6.04 Å². The van der Waals surface area contributed by atoms with E-state index in [4.69, 9.17) is 6.42 Å². The zero-order chi connectivity index (χ0) is 9.68. The van der Waals surface area contributed by atoms with Gasteiger partial charge in [0.25, 0.3) is 0 Å². The van der Waals surface area contributed by atoms with Crippen LogP contribution in [-0.4, -0.2) is 12.0 Å². The summed E-state index contributed by atoms with van der Waals surface area (Å²) >= 11 is 3.33. The molecule has 0 aliphatic rings. The van der Waals surface area contributed by atoms with E-state index in [1.807, 2.05) is 19.2 Å². The highest BCUT2D eigenvalue weighted by Crippen LogP contribution is 2.15. The van der Waals surface area contributed by atoms with Gasteiger partial charge in [-0.2, -0.15) is 0 Å². The highest BCUT2D eigenvalue weighted by atomic mass is 79.9. The monoisotopic (exact) mass is 238 g/mol. The van der Waals surface area contributed by atoms with Crippen LogP contribution in [0, 0.1) is 12.3 Å². The zero-order valence-electron chi connectivity index (χ0n) is 7.42. The van der Waals surface area contributed by atoms with E-state index in [0.717, 1.165) is 10.2 Å². The molecule has 1 N–H and O–H groups in total. The van der Waals surface area contributed by atoms with E-state index in [9.17, 15) is 0 Å². The van der Waals surface area contributed by atoms with Crippen LogP contribution >= 0.6 is 15.9 Å². The summed E-state index contributed by atoms with van der Waals surface area (Å²) in [5.41, 5.74) is 0.976. The summed E-state index contributed by atoms with van der Waals surface area (Å²) in [6.07, 6.45) is 7.68. The lowest BCUT2D eigenvalue weighted by molar-refractivity contribution is 0.594. The van der Waals surface area contributed by atoms with Crippen molar-refractivity contribution in [1.29, 1.82) is 0 Å². The van der Waals surface area contributed by atoms with Gasteiger partial charge in [0.1, 0.15) is 0 Å². The van der Waals surface area contributed by atoms with Crippen molar-refractivity contribution >= 4 is 15.9 Å². The Hall–Kier alpha value is -0.850. The molecule has 3 heteroatoms. The van der Waals surface area contributed by atoms with E-state index in [2.05, 4.69) is 32.2 Å². The average Bonchev–Trinajstić information content (AvgIpc) is 2.16. The lowest BCUT2D eigenvalue weighted by Gasteiger charge is -2.11. The lowest BCUT2D eigenvalue weighted by Crippen LogP contribution is -2.16. The third kappa shape index (κ3) is 2.83. The van der Waals surface area contributed by atoms with Crippen LogP contribution in [0.15, 0.2) is 22.8 Å². The van der Waals surface area contributed by atoms with Crippen LogP contribution in [0.5, 0.6) is 0 Å². The molecule has 0 aliphatic carbocycles. The number of nitrogens with zero attached hydrogens (tertiary/aromatic N) is 1. The second kappa shape index (κ2) is 5.00. The largest absolute Gasteiger partial charge is 0.311 e. The molecule has 1 unspecified atom stereocenters. The molecule has 13 heavy (non-hydrogen) atoms. The molecule has 0 aliphatic heterocycles. The van der Waals surface area contributed by atoms with Crippen molar-refractivity contribution in [3.63, 3.8) is 0 Å². The van der Waals surface area contributed by atoms with E-state index in [1.54, 1.807) is 6.20 Å². The fourth-order valence-corrected chi connectivity index (χ4v) is 1.30. The molecule has 2 nitrogen and oxygen atoms in total. The molecule has 0 fully saturated rings. The third-order valence-electron chi connectivity index (χ3n) is 1.78. The van der Waals surface area contributed by atoms with Gasteiger partial charge in [-0.3, -0.25) is 4.98 Å². The van der Waals surface area contributed by atoms with Gasteiger partial charge in [-0.05, 0) is 35.1 Å². The zero-order valence-corrected chi connectivity index (χ0v) is 9.01. The number of rotatable bonds is 3. The fraction of sp³-hybridized carbons (Fsp3) is 0.300. The molecule has 1 aromatic rings. The van der Waals surface area contributed by atoms with Crippen molar-refractivity contribution < 1.29 is 0 Å². The molecule has 0 radical (unpaired) electrons. The van der Waals surface area contributed by atoms with Crippen molar-refractivity contribution in [1.82, 2.24) is 10.3 Å². The second-order valence-electron chi connectivity index (χ2n) is 2.65. The van der Waals surface area contributed by atoms with Crippen LogP contribution < -0.4 is 5.32 Å². The first-order valence-corrected chi connectivity index (χ1v) is 4.79. The van der Waals surface area contributed by atoms with Crippen LogP contribution in [0.4, 0.5) is 0 Å². The number of pyridine rings is 1. The van der Waals surface area contributed by atoms with Gasteiger partial charge in [0.15, 0.2) is 0 Å². The summed E-state index contributed by atoms with van der Waals surface area (Å²) in [5.74, 6) is 2.62. The molecule has 1 heterocycles. The van der Waals surface area contributed by atoms with Crippen molar-refractivity contribution in [2.75, 3.05) is 7.05 Å². The maximum Gasteiger partial charge on any atom is 0.0603 e. The van der Waals surface area contributed by atoms with Gasteiger partial charge in [-0.25, -0.2) is 0 Å². The molecule has 1 aromatic heterocycles. The Kier molecular flexibility index (Phi) is 3.94. The summed E-state index contributed by atoms with van der Waals surface area (Å²) in [4.78, 5) is 4.26. The summed E-state index contributed by atoms with van der Waals surface area (Å²) in [6, 6.07) is 4.07. The standard InChI is InChI=1S/C10H11BrN2/c1-3-4-9(12-2)10-6-5-8(11)7-13-10/h1,5-7,9,12H,4H2,2H3. The van der Waals surface area contributed by atoms with E-state index < -0.39 is 0 Å². The summed E-state index contributed by atoms with van der Waals surface area (Å²) in [6.45, 7) is 0. The minimum Gasteiger partial charge on any atom is -0.311 e. The lowest BCUT2D eigenvalue weighted by atomic mass is 10.1. The Bertz CT molecular complexity index is 300. The molecule has 0 amide bonds. The number of nitrogens with one attached hydrogen (secondary N) is 1. The van der Waals surface area contributed by atoms with Gasteiger partial charge in [0.2, 0.25) is 0 Å². The summed E-state index contributed by atoms with van der Waals surface area (Å²) < 4.78 is 0.979. The molecule has 0 spiro atoms.